The van der Waals surface area contributed by atoms with E-state index in [0.717, 1.165) is 63.1 Å². The molecule has 58 heavy (non-hydrogen) atoms. The lowest BCUT2D eigenvalue weighted by molar-refractivity contribution is -0.137. The summed E-state index contributed by atoms with van der Waals surface area (Å²) in [7, 11) is 0. The number of anilines is 2. The van der Waals surface area contributed by atoms with Crippen LogP contribution in [0.1, 0.15) is 49.8 Å². The first kappa shape index (κ1) is 41.8. The first-order valence-electron chi connectivity index (χ1n) is 18.0. The number of nitrogens with one attached hydrogen (secondary N) is 1. The number of phenolic OH excluding ortho intramolecular Hbond substituents is 2. The van der Waals surface area contributed by atoms with E-state index in [1.807, 2.05) is 80.7 Å². The van der Waals surface area contributed by atoms with Crippen LogP contribution in [0.4, 0.5) is 24.8 Å². The maximum atomic E-state index is 11.9. The number of hydrogen-bond donors (Lipinski definition) is 4. The summed E-state index contributed by atoms with van der Waals surface area (Å²) < 4.78 is 35.8. The van der Waals surface area contributed by atoms with Gasteiger partial charge in [-0.1, -0.05) is 90.5 Å². The van der Waals surface area contributed by atoms with Gasteiger partial charge in [-0.05, 0) is 79.9 Å². The third-order valence-electron chi connectivity index (χ3n) is 8.62. The molecule has 1 unspecified atom stereocenters. The Kier molecular flexibility index (Phi) is 14.1. The van der Waals surface area contributed by atoms with Gasteiger partial charge in [0.2, 0.25) is 0 Å². The summed E-state index contributed by atoms with van der Waals surface area (Å²) in [5.41, 5.74) is 11.3. The number of pyridine rings is 4. The summed E-state index contributed by atoms with van der Waals surface area (Å²) in [6.07, 6.45) is 3.11. The summed E-state index contributed by atoms with van der Waals surface area (Å²) in [6.45, 7) is 6.05. The van der Waals surface area contributed by atoms with E-state index in [-0.39, 0.29) is 23.1 Å². The van der Waals surface area contributed by atoms with Crippen molar-refractivity contribution >= 4 is 39.7 Å². The van der Waals surface area contributed by atoms with Crippen LogP contribution in [-0.4, -0.2) is 36.4 Å². The van der Waals surface area contributed by atoms with E-state index in [1.165, 1.54) is 5.56 Å². The zero-order valence-corrected chi connectivity index (χ0v) is 31.9. The van der Waals surface area contributed by atoms with Crippen LogP contribution in [0.5, 0.6) is 11.5 Å². The molecule has 4 aromatic heterocycles. The summed E-state index contributed by atoms with van der Waals surface area (Å²) >= 11 is 0. The summed E-state index contributed by atoms with van der Waals surface area (Å²) in [5, 5.41) is 25.6. The number of nitrogen functional groups attached to an aromatic ring is 1. The van der Waals surface area contributed by atoms with Crippen LogP contribution >= 0.6 is 0 Å². The highest BCUT2D eigenvalue weighted by atomic mass is 19.4. The molecule has 0 aliphatic heterocycles. The van der Waals surface area contributed by atoms with E-state index in [2.05, 4.69) is 56.4 Å². The quantitative estimate of drug-likeness (QED) is 0.125. The van der Waals surface area contributed by atoms with Crippen molar-refractivity contribution in [2.75, 3.05) is 11.1 Å². The molecule has 8 rings (SSSR count). The minimum absolute atomic E-state index is 0.193. The van der Waals surface area contributed by atoms with Crippen molar-refractivity contribution in [3.05, 3.63) is 191 Å². The zero-order valence-electron chi connectivity index (χ0n) is 31.9. The standard InChI is InChI=1S/C23H21N3O.C9H7NO.C8H5F3O.C6H8N2/c1-15-5-8-18(9-6-15)21(26-20-12-7-16(2)14-25-20)19-11-10-17-4-3-13-24-22(17)23(19)27;11-8-5-1-3-7-4-2-6-10-9(7)8;9-8(10,11)7-3-1-6(5-12)2-4-7;1-5-2-3-6(7)8-4-5/h3-14,21,27H,1-2H3,(H,25,26);1-6,11H;1-5H;2-4H,1H3,(H2,7,8). The predicted molar refractivity (Wildman–Crippen MR) is 223 cm³/mol. The van der Waals surface area contributed by atoms with E-state index in [9.17, 15) is 28.2 Å². The van der Waals surface area contributed by atoms with Gasteiger partial charge in [0, 0.05) is 46.7 Å². The maximum Gasteiger partial charge on any atom is 0.416 e. The number of nitrogens with zero attached hydrogens (tertiary/aromatic N) is 4. The molecule has 9 nitrogen and oxygen atoms in total. The van der Waals surface area contributed by atoms with E-state index >= 15 is 0 Å². The van der Waals surface area contributed by atoms with Crippen LogP contribution in [0.3, 0.4) is 0 Å². The van der Waals surface area contributed by atoms with Gasteiger partial charge in [-0.25, -0.2) is 9.97 Å². The molecule has 8 aromatic rings. The molecule has 4 aromatic carbocycles. The average Bonchev–Trinajstić information content (AvgIpc) is 3.23. The van der Waals surface area contributed by atoms with Crippen molar-refractivity contribution in [3.63, 3.8) is 0 Å². The third-order valence-corrected chi connectivity index (χ3v) is 8.62. The highest BCUT2D eigenvalue weighted by Gasteiger charge is 2.29. The second kappa shape index (κ2) is 19.5. The molecule has 0 radical (unpaired) electrons. The molecule has 0 spiro atoms. The number of aromatic hydroxyl groups is 2. The molecule has 0 bridgehead atoms. The third kappa shape index (κ3) is 11.6. The number of halogens is 3. The Balaban J connectivity index is 0.000000170. The fraction of sp³-hybridized carbons (Fsp3) is 0.109. The number of carbonyl (C=O) groups is 1. The predicted octanol–water partition coefficient (Wildman–Crippen LogP) is 10.6. The van der Waals surface area contributed by atoms with E-state index in [0.29, 0.717) is 23.1 Å². The Morgan fingerprint density at radius 1 is 0.638 bits per heavy atom. The molecule has 0 saturated heterocycles. The van der Waals surface area contributed by atoms with Crippen LogP contribution in [0.2, 0.25) is 0 Å². The van der Waals surface area contributed by atoms with Crippen LogP contribution in [-0.2, 0) is 6.18 Å². The van der Waals surface area contributed by atoms with Gasteiger partial charge in [-0.3, -0.25) is 14.8 Å². The number of aromatic nitrogens is 4. The Morgan fingerprint density at radius 2 is 1.22 bits per heavy atom. The number of benzene rings is 4. The fourth-order valence-corrected chi connectivity index (χ4v) is 5.50. The summed E-state index contributed by atoms with van der Waals surface area (Å²) in [4.78, 5) is 26.8. The number of carbonyl (C=O) groups excluding carboxylic acids is 1. The second-order valence-electron chi connectivity index (χ2n) is 13.1. The van der Waals surface area contributed by atoms with Gasteiger partial charge < -0.3 is 21.3 Å². The summed E-state index contributed by atoms with van der Waals surface area (Å²) in [5.74, 6) is 1.77. The second-order valence-corrected chi connectivity index (χ2v) is 13.1. The maximum absolute atomic E-state index is 11.9. The van der Waals surface area contributed by atoms with Crippen LogP contribution in [0.25, 0.3) is 21.8 Å². The Bertz CT molecular complexity index is 2520. The molecule has 0 saturated carbocycles. The van der Waals surface area contributed by atoms with Crippen molar-refractivity contribution < 1.29 is 28.2 Å². The minimum Gasteiger partial charge on any atom is -0.506 e. The molecule has 12 heteroatoms. The first-order valence-corrected chi connectivity index (χ1v) is 18.0. The number of nitrogens with two attached hydrogens (primary N) is 1. The van der Waals surface area contributed by atoms with Gasteiger partial charge in [0.15, 0.2) is 0 Å². The Hall–Kier alpha value is -7.34. The van der Waals surface area contributed by atoms with E-state index in [1.54, 1.807) is 36.8 Å². The van der Waals surface area contributed by atoms with Crippen LogP contribution in [0.15, 0.2) is 152 Å². The van der Waals surface area contributed by atoms with E-state index in [4.69, 9.17) is 5.73 Å². The van der Waals surface area contributed by atoms with Crippen molar-refractivity contribution in [2.24, 2.45) is 0 Å². The van der Waals surface area contributed by atoms with Gasteiger partial charge in [-0.15, -0.1) is 0 Å². The van der Waals surface area contributed by atoms with E-state index < -0.39 is 11.7 Å². The molecule has 1 atom stereocenters. The highest BCUT2D eigenvalue weighted by molar-refractivity contribution is 5.86. The lowest BCUT2D eigenvalue weighted by Crippen LogP contribution is -2.13. The first-order chi connectivity index (χ1) is 27.8. The molecular formula is C46H41F3N6O3. The molecule has 5 N–H and O–H groups in total. The molecule has 294 valence electrons. The monoisotopic (exact) mass is 782 g/mol. The number of phenols is 2. The van der Waals surface area contributed by atoms with Gasteiger partial charge in [0.1, 0.15) is 40.5 Å². The van der Waals surface area contributed by atoms with Gasteiger partial charge in [0.05, 0.1) is 11.6 Å². The molecule has 0 aliphatic carbocycles. The molecule has 4 heterocycles. The van der Waals surface area contributed by atoms with Crippen LogP contribution in [0, 0.1) is 20.8 Å². The molecule has 0 amide bonds. The number of fused-ring (bicyclic) bond motifs is 2. The minimum atomic E-state index is -4.33. The number of para-hydroxylation sites is 1. The lowest BCUT2D eigenvalue weighted by Gasteiger charge is -2.22. The average molecular weight is 783 g/mol. The van der Waals surface area contributed by atoms with Crippen molar-refractivity contribution in [1.82, 2.24) is 19.9 Å². The number of rotatable bonds is 5. The SMILES string of the molecule is Cc1ccc(C(Nc2ccc(C)cn2)c2ccc3cccnc3c2O)cc1.Cc1ccc(N)nc1.O=Cc1ccc(C(F)(F)F)cc1.Oc1cccc2cccnc12. The normalized spacial score (nSPS) is 11.1. The fourth-order valence-electron chi connectivity index (χ4n) is 5.50. The number of hydrogen-bond acceptors (Lipinski definition) is 9. The summed E-state index contributed by atoms with van der Waals surface area (Å²) in [6, 6.07) is 36.6. The van der Waals surface area contributed by atoms with Crippen LogP contribution < -0.4 is 11.1 Å². The number of aryl methyl sites for hydroxylation is 3. The number of aldehydes is 1. The zero-order chi connectivity index (χ0) is 41.7. The van der Waals surface area contributed by atoms with Crippen molar-refractivity contribution in [2.45, 2.75) is 33.0 Å². The van der Waals surface area contributed by atoms with Gasteiger partial charge in [-0.2, -0.15) is 13.2 Å². The number of alkyl halides is 3. The smallest absolute Gasteiger partial charge is 0.416 e. The molecule has 0 aliphatic rings. The lowest BCUT2D eigenvalue weighted by atomic mass is 9.95. The van der Waals surface area contributed by atoms with Gasteiger partial charge >= 0.3 is 6.18 Å². The Labute approximate surface area is 333 Å². The largest absolute Gasteiger partial charge is 0.506 e. The highest BCUT2D eigenvalue weighted by Crippen LogP contribution is 2.36. The van der Waals surface area contributed by atoms with Gasteiger partial charge in [0.25, 0.3) is 0 Å². The van der Waals surface area contributed by atoms with Crippen molar-refractivity contribution in [3.8, 4) is 11.5 Å². The molecular weight excluding hydrogens is 742 g/mol. The molecule has 0 fully saturated rings. The van der Waals surface area contributed by atoms with Crippen molar-refractivity contribution in [1.29, 1.82) is 0 Å². The topological polar surface area (TPSA) is 147 Å². The Morgan fingerprint density at radius 3 is 1.78 bits per heavy atom.